The fourth-order valence-corrected chi connectivity index (χ4v) is 1.79. The molecule has 1 aromatic heterocycles. The van der Waals surface area contributed by atoms with Crippen molar-refractivity contribution >= 4 is 17.4 Å². The van der Waals surface area contributed by atoms with E-state index in [0.717, 1.165) is 6.42 Å². The number of aromatic nitrogens is 2. The summed E-state index contributed by atoms with van der Waals surface area (Å²) >= 11 is 5.97. The van der Waals surface area contributed by atoms with Gasteiger partial charge in [0.15, 0.2) is 0 Å². The lowest BCUT2D eigenvalue weighted by Crippen LogP contribution is -1.96. The van der Waals surface area contributed by atoms with Crippen LogP contribution in [0.3, 0.4) is 0 Å². The van der Waals surface area contributed by atoms with Gasteiger partial charge in [-0.2, -0.15) is 4.98 Å². The molecular formula is C14H16ClN3O. The quantitative estimate of drug-likeness (QED) is 0.902. The summed E-state index contributed by atoms with van der Waals surface area (Å²) in [5.41, 5.74) is 6.88. The maximum Gasteiger partial charge on any atom is 0.243 e. The Balaban J connectivity index is 2.09. The van der Waals surface area contributed by atoms with Crippen molar-refractivity contribution in [1.29, 1.82) is 0 Å². The molecule has 0 spiro atoms. The molecule has 0 aliphatic heterocycles. The van der Waals surface area contributed by atoms with E-state index in [2.05, 4.69) is 16.9 Å². The van der Waals surface area contributed by atoms with Gasteiger partial charge < -0.3 is 10.5 Å². The molecule has 0 saturated carbocycles. The zero-order chi connectivity index (χ0) is 13.7. The Bertz CT molecular complexity index is 543. The molecule has 0 aliphatic rings. The highest BCUT2D eigenvalue weighted by Crippen LogP contribution is 2.29. The molecule has 0 saturated heterocycles. The third-order valence-corrected chi connectivity index (χ3v) is 3.10. The summed E-state index contributed by atoms with van der Waals surface area (Å²) < 4.78 is 5.59. The fourth-order valence-electron chi connectivity index (χ4n) is 1.65. The van der Waals surface area contributed by atoms with Gasteiger partial charge in [0.05, 0.1) is 0 Å². The molecule has 1 heterocycles. The molecule has 5 heteroatoms. The van der Waals surface area contributed by atoms with E-state index in [9.17, 15) is 0 Å². The largest absolute Gasteiger partial charge is 0.437 e. The van der Waals surface area contributed by atoms with Crippen LogP contribution >= 0.6 is 11.6 Å². The van der Waals surface area contributed by atoms with E-state index >= 15 is 0 Å². The minimum atomic E-state index is 0.214. The van der Waals surface area contributed by atoms with E-state index in [1.165, 1.54) is 24.7 Å². The van der Waals surface area contributed by atoms with Gasteiger partial charge in [-0.3, -0.25) is 0 Å². The molecule has 0 unspecified atom stereocenters. The normalized spacial score (nSPS) is 10.4. The van der Waals surface area contributed by atoms with Crippen LogP contribution in [0, 0.1) is 0 Å². The van der Waals surface area contributed by atoms with Crippen molar-refractivity contribution in [2.24, 2.45) is 0 Å². The highest BCUT2D eigenvalue weighted by Gasteiger charge is 2.08. The standard InChI is InChI=1S/C14H16ClN3O/c1-2-3-4-10-5-7-11(8-6-10)19-14-12(15)13(16)17-9-18-14/h5-9H,2-4H2,1H3,(H2,16,17,18). The number of halogens is 1. The average Bonchev–Trinajstić information content (AvgIpc) is 2.43. The van der Waals surface area contributed by atoms with Crippen LogP contribution in [0.1, 0.15) is 25.3 Å². The fraction of sp³-hybridized carbons (Fsp3) is 0.286. The van der Waals surface area contributed by atoms with Crippen molar-refractivity contribution in [3.8, 4) is 11.6 Å². The summed E-state index contributed by atoms with van der Waals surface area (Å²) in [6, 6.07) is 7.89. The van der Waals surface area contributed by atoms with Gasteiger partial charge in [0.1, 0.15) is 22.9 Å². The molecule has 1 aromatic carbocycles. The smallest absolute Gasteiger partial charge is 0.243 e. The lowest BCUT2D eigenvalue weighted by molar-refractivity contribution is 0.462. The molecular weight excluding hydrogens is 262 g/mol. The first-order valence-corrected chi connectivity index (χ1v) is 6.61. The molecule has 4 nitrogen and oxygen atoms in total. The average molecular weight is 278 g/mol. The molecule has 0 aliphatic carbocycles. The Hall–Kier alpha value is -1.81. The van der Waals surface area contributed by atoms with E-state index in [0.29, 0.717) is 5.75 Å². The minimum absolute atomic E-state index is 0.214. The van der Waals surface area contributed by atoms with Crippen LogP contribution in [0.15, 0.2) is 30.6 Å². The topological polar surface area (TPSA) is 61.0 Å². The van der Waals surface area contributed by atoms with Crippen molar-refractivity contribution in [2.45, 2.75) is 26.2 Å². The molecule has 0 fully saturated rings. The number of benzene rings is 1. The second-order valence-electron chi connectivity index (χ2n) is 4.23. The molecule has 0 atom stereocenters. The number of nitrogens with two attached hydrogens (primary N) is 1. The maximum absolute atomic E-state index is 5.97. The first kappa shape index (κ1) is 13.6. The number of aryl methyl sites for hydroxylation is 1. The number of anilines is 1. The van der Waals surface area contributed by atoms with Gasteiger partial charge in [-0.1, -0.05) is 37.1 Å². The summed E-state index contributed by atoms with van der Waals surface area (Å²) in [6.45, 7) is 2.18. The highest BCUT2D eigenvalue weighted by atomic mass is 35.5. The van der Waals surface area contributed by atoms with Gasteiger partial charge in [0.25, 0.3) is 0 Å². The van der Waals surface area contributed by atoms with Gasteiger partial charge in [0.2, 0.25) is 5.88 Å². The Labute approximate surface area is 117 Å². The van der Waals surface area contributed by atoms with Crippen LogP contribution in [0.25, 0.3) is 0 Å². The highest BCUT2D eigenvalue weighted by molar-refractivity contribution is 6.34. The van der Waals surface area contributed by atoms with Crippen molar-refractivity contribution < 1.29 is 4.74 Å². The number of hydrogen-bond donors (Lipinski definition) is 1. The number of nitrogens with zero attached hydrogens (tertiary/aromatic N) is 2. The third-order valence-electron chi connectivity index (χ3n) is 2.74. The number of unbranched alkanes of at least 4 members (excludes halogenated alkanes) is 1. The molecule has 0 bridgehead atoms. The summed E-state index contributed by atoms with van der Waals surface area (Å²) in [6.07, 6.45) is 4.78. The Kier molecular flexibility index (Phi) is 4.58. The van der Waals surface area contributed by atoms with Gasteiger partial charge in [-0.15, -0.1) is 0 Å². The van der Waals surface area contributed by atoms with Crippen molar-refractivity contribution in [2.75, 3.05) is 5.73 Å². The summed E-state index contributed by atoms with van der Waals surface area (Å²) in [7, 11) is 0. The van der Waals surface area contributed by atoms with E-state index in [1.54, 1.807) is 0 Å². The SMILES string of the molecule is CCCCc1ccc(Oc2ncnc(N)c2Cl)cc1. The van der Waals surface area contributed by atoms with Gasteiger partial charge in [0, 0.05) is 0 Å². The zero-order valence-electron chi connectivity index (χ0n) is 10.8. The van der Waals surface area contributed by atoms with Crippen LogP contribution in [0.2, 0.25) is 5.02 Å². The predicted octanol–water partition coefficient (Wildman–Crippen LogP) is 3.85. The van der Waals surface area contributed by atoms with E-state index < -0.39 is 0 Å². The predicted molar refractivity (Wildman–Crippen MR) is 76.6 cm³/mol. The first-order valence-electron chi connectivity index (χ1n) is 6.23. The number of ether oxygens (including phenoxy) is 1. The number of rotatable bonds is 5. The zero-order valence-corrected chi connectivity index (χ0v) is 11.5. The van der Waals surface area contributed by atoms with Gasteiger partial charge in [-0.05, 0) is 30.5 Å². The molecule has 2 N–H and O–H groups in total. The van der Waals surface area contributed by atoms with Crippen LogP contribution in [0.5, 0.6) is 11.6 Å². The van der Waals surface area contributed by atoms with E-state index in [4.69, 9.17) is 22.1 Å². The third kappa shape index (κ3) is 3.58. The first-order chi connectivity index (χ1) is 9.20. The van der Waals surface area contributed by atoms with Crippen LogP contribution in [-0.2, 0) is 6.42 Å². The van der Waals surface area contributed by atoms with Gasteiger partial charge in [-0.25, -0.2) is 4.98 Å². The molecule has 0 amide bonds. The van der Waals surface area contributed by atoms with Crippen molar-refractivity contribution in [3.63, 3.8) is 0 Å². The monoisotopic (exact) mass is 277 g/mol. The second-order valence-corrected chi connectivity index (χ2v) is 4.61. The number of nitrogen functional groups attached to an aromatic ring is 1. The molecule has 19 heavy (non-hydrogen) atoms. The molecule has 0 radical (unpaired) electrons. The van der Waals surface area contributed by atoms with Gasteiger partial charge >= 0.3 is 0 Å². The van der Waals surface area contributed by atoms with Crippen LogP contribution < -0.4 is 10.5 Å². The summed E-state index contributed by atoms with van der Waals surface area (Å²) in [5, 5.41) is 0.234. The van der Waals surface area contributed by atoms with Crippen LogP contribution in [0.4, 0.5) is 5.82 Å². The summed E-state index contributed by atoms with van der Waals surface area (Å²) in [5.74, 6) is 1.17. The summed E-state index contributed by atoms with van der Waals surface area (Å²) in [4.78, 5) is 7.74. The molecule has 2 aromatic rings. The van der Waals surface area contributed by atoms with E-state index in [-0.39, 0.29) is 16.7 Å². The number of hydrogen-bond acceptors (Lipinski definition) is 4. The molecule has 2 rings (SSSR count). The molecule has 100 valence electrons. The van der Waals surface area contributed by atoms with Crippen LogP contribution in [-0.4, -0.2) is 9.97 Å². The van der Waals surface area contributed by atoms with Crippen molar-refractivity contribution in [1.82, 2.24) is 9.97 Å². The Morgan fingerprint density at radius 1 is 1.21 bits per heavy atom. The Morgan fingerprint density at radius 3 is 2.63 bits per heavy atom. The lowest BCUT2D eigenvalue weighted by atomic mass is 10.1. The van der Waals surface area contributed by atoms with Crippen molar-refractivity contribution in [3.05, 3.63) is 41.2 Å². The van der Waals surface area contributed by atoms with E-state index in [1.807, 2.05) is 24.3 Å². The Morgan fingerprint density at radius 2 is 1.95 bits per heavy atom. The second kappa shape index (κ2) is 6.38. The maximum atomic E-state index is 5.97. The minimum Gasteiger partial charge on any atom is -0.437 e. The lowest BCUT2D eigenvalue weighted by Gasteiger charge is -2.07.